The van der Waals surface area contributed by atoms with Crippen LogP contribution in [0.25, 0.3) is 21.8 Å². The third-order valence-electron chi connectivity index (χ3n) is 4.31. The van der Waals surface area contributed by atoms with E-state index in [0.717, 1.165) is 54.4 Å². The smallest absolute Gasteiger partial charge is 0.223 e. The first kappa shape index (κ1) is 18.5. The molecule has 0 fully saturated rings. The highest BCUT2D eigenvalue weighted by Crippen LogP contribution is 2.32. The Labute approximate surface area is 159 Å². The molecular weight excluding hydrogens is 342 g/mol. The summed E-state index contributed by atoms with van der Waals surface area (Å²) in [5.41, 5.74) is 2.78. The third-order valence-corrected chi connectivity index (χ3v) is 5.19. The zero-order valence-corrected chi connectivity index (χ0v) is 16.2. The van der Waals surface area contributed by atoms with Gasteiger partial charge < -0.3 is 10.2 Å². The van der Waals surface area contributed by atoms with Crippen molar-refractivity contribution in [2.24, 2.45) is 0 Å². The zero-order chi connectivity index (χ0) is 18.2. The van der Waals surface area contributed by atoms with Gasteiger partial charge in [-0.1, -0.05) is 26.0 Å². The molecule has 0 aliphatic rings. The molecule has 0 saturated carbocycles. The first-order valence-corrected chi connectivity index (χ1v) is 9.98. The van der Waals surface area contributed by atoms with Gasteiger partial charge in [-0.05, 0) is 49.6 Å². The van der Waals surface area contributed by atoms with Crippen LogP contribution in [0.15, 0.2) is 48.1 Å². The van der Waals surface area contributed by atoms with E-state index in [-0.39, 0.29) is 0 Å². The number of nitrogens with one attached hydrogen (secondary N) is 1. The number of rotatable bonds is 9. The topological polar surface area (TPSA) is 53.9 Å². The van der Waals surface area contributed by atoms with Crippen molar-refractivity contribution in [3.8, 4) is 21.8 Å². The summed E-state index contributed by atoms with van der Waals surface area (Å²) in [6, 6.07) is 10.0. The molecule has 0 aliphatic carbocycles. The molecule has 3 rings (SSSR count). The highest BCUT2D eigenvalue weighted by atomic mass is 32.1. The van der Waals surface area contributed by atoms with Gasteiger partial charge in [0.05, 0.1) is 16.3 Å². The molecule has 0 aromatic carbocycles. The lowest BCUT2D eigenvalue weighted by Gasteiger charge is -2.17. The van der Waals surface area contributed by atoms with Crippen LogP contribution < -0.4 is 5.32 Å². The normalized spacial score (nSPS) is 11.0. The molecule has 0 atom stereocenters. The van der Waals surface area contributed by atoms with E-state index in [1.165, 1.54) is 0 Å². The van der Waals surface area contributed by atoms with E-state index in [2.05, 4.69) is 45.5 Å². The fraction of sp³-hybridized carbons (Fsp3) is 0.350. The Morgan fingerprint density at radius 1 is 1.08 bits per heavy atom. The molecule has 26 heavy (non-hydrogen) atoms. The maximum Gasteiger partial charge on any atom is 0.223 e. The van der Waals surface area contributed by atoms with Gasteiger partial charge in [0.25, 0.3) is 0 Å². The van der Waals surface area contributed by atoms with Crippen LogP contribution in [0.3, 0.4) is 0 Å². The number of nitrogens with zero attached hydrogens (tertiary/aromatic N) is 4. The van der Waals surface area contributed by atoms with Crippen molar-refractivity contribution in [2.75, 3.05) is 31.5 Å². The van der Waals surface area contributed by atoms with Crippen LogP contribution in [0.2, 0.25) is 0 Å². The average molecular weight is 368 g/mol. The molecule has 136 valence electrons. The lowest BCUT2D eigenvalue weighted by molar-refractivity contribution is 0.303. The quantitative estimate of drug-likeness (QED) is 0.568. The van der Waals surface area contributed by atoms with Crippen molar-refractivity contribution >= 4 is 17.3 Å². The molecule has 3 aromatic heterocycles. The molecule has 0 spiro atoms. The van der Waals surface area contributed by atoms with Crippen molar-refractivity contribution < 1.29 is 0 Å². The van der Waals surface area contributed by atoms with Crippen LogP contribution in [-0.4, -0.2) is 46.0 Å². The molecule has 3 aromatic rings. The average Bonchev–Trinajstić information content (AvgIpc) is 3.23. The first-order chi connectivity index (χ1) is 12.8. The summed E-state index contributed by atoms with van der Waals surface area (Å²) >= 11 is 1.68. The largest absolute Gasteiger partial charge is 0.354 e. The maximum absolute atomic E-state index is 4.78. The lowest BCUT2D eigenvalue weighted by Crippen LogP contribution is -2.25. The molecule has 6 heteroatoms. The van der Waals surface area contributed by atoms with Gasteiger partial charge in [-0.15, -0.1) is 11.3 Å². The molecule has 5 nitrogen and oxygen atoms in total. The van der Waals surface area contributed by atoms with Crippen molar-refractivity contribution in [3.05, 3.63) is 48.1 Å². The van der Waals surface area contributed by atoms with Crippen LogP contribution in [0.5, 0.6) is 0 Å². The van der Waals surface area contributed by atoms with Crippen molar-refractivity contribution in [1.29, 1.82) is 0 Å². The highest BCUT2D eigenvalue weighted by Gasteiger charge is 2.13. The minimum atomic E-state index is 0.674. The van der Waals surface area contributed by atoms with Gasteiger partial charge in [-0.3, -0.25) is 4.98 Å². The Bertz CT molecular complexity index is 785. The van der Waals surface area contributed by atoms with Crippen LogP contribution >= 0.6 is 11.3 Å². The van der Waals surface area contributed by atoms with Crippen LogP contribution in [0, 0.1) is 0 Å². The summed E-state index contributed by atoms with van der Waals surface area (Å²) in [6.45, 7) is 8.53. The van der Waals surface area contributed by atoms with Crippen molar-refractivity contribution in [3.63, 3.8) is 0 Å². The van der Waals surface area contributed by atoms with Gasteiger partial charge >= 0.3 is 0 Å². The van der Waals surface area contributed by atoms with Gasteiger partial charge in [-0.25, -0.2) is 9.97 Å². The van der Waals surface area contributed by atoms with E-state index >= 15 is 0 Å². The zero-order valence-electron chi connectivity index (χ0n) is 15.4. The second kappa shape index (κ2) is 9.40. The summed E-state index contributed by atoms with van der Waals surface area (Å²) in [7, 11) is 0. The third kappa shape index (κ3) is 4.65. The van der Waals surface area contributed by atoms with E-state index in [1.54, 1.807) is 17.5 Å². The first-order valence-electron chi connectivity index (χ1n) is 9.10. The summed E-state index contributed by atoms with van der Waals surface area (Å²) in [5.74, 6) is 0.674. The number of hydrogen-bond acceptors (Lipinski definition) is 6. The molecule has 0 radical (unpaired) electrons. The van der Waals surface area contributed by atoms with Gasteiger partial charge in [0.1, 0.15) is 0 Å². The second-order valence-electron chi connectivity index (χ2n) is 5.96. The van der Waals surface area contributed by atoms with Gasteiger partial charge in [0.2, 0.25) is 5.95 Å². The fourth-order valence-corrected chi connectivity index (χ4v) is 3.55. The Kier molecular flexibility index (Phi) is 6.68. The Balaban J connectivity index is 1.76. The molecule has 0 saturated heterocycles. The molecule has 0 unspecified atom stereocenters. The summed E-state index contributed by atoms with van der Waals surface area (Å²) in [4.78, 5) is 17.3. The van der Waals surface area contributed by atoms with Crippen LogP contribution in [-0.2, 0) is 0 Å². The minimum absolute atomic E-state index is 0.674. The van der Waals surface area contributed by atoms with Crippen molar-refractivity contribution in [2.45, 2.75) is 20.3 Å². The SMILES string of the molecule is CCN(CC)CCCNc1ncc(-c2ccccn2)c(-c2cccs2)n1. The number of hydrogen-bond donors (Lipinski definition) is 1. The van der Waals surface area contributed by atoms with E-state index in [1.807, 2.05) is 30.5 Å². The Morgan fingerprint density at radius 2 is 1.96 bits per heavy atom. The number of thiophene rings is 1. The molecular formula is C20H25N5S. The summed E-state index contributed by atoms with van der Waals surface area (Å²) < 4.78 is 0. The number of anilines is 1. The van der Waals surface area contributed by atoms with E-state index in [9.17, 15) is 0 Å². The molecule has 0 bridgehead atoms. The monoisotopic (exact) mass is 367 g/mol. The molecule has 1 N–H and O–H groups in total. The van der Waals surface area contributed by atoms with Gasteiger partial charge in [0, 0.05) is 24.5 Å². The Morgan fingerprint density at radius 3 is 2.65 bits per heavy atom. The van der Waals surface area contributed by atoms with Crippen molar-refractivity contribution in [1.82, 2.24) is 19.9 Å². The van der Waals surface area contributed by atoms with Crippen LogP contribution in [0.4, 0.5) is 5.95 Å². The van der Waals surface area contributed by atoms with Gasteiger partial charge in [-0.2, -0.15) is 0 Å². The minimum Gasteiger partial charge on any atom is -0.354 e. The molecule has 3 heterocycles. The molecule has 0 aliphatic heterocycles. The fourth-order valence-electron chi connectivity index (χ4n) is 2.82. The molecule has 0 amide bonds. The maximum atomic E-state index is 4.78. The van der Waals surface area contributed by atoms with E-state index < -0.39 is 0 Å². The highest BCUT2D eigenvalue weighted by molar-refractivity contribution is 7.13. The van der Waals surface area contributed by atoms with E-state index in [0.29, 0.717) is 5.95 Å². The number of pyridine rings is 1. The van der Waals surface area contributed by atoms with Crippen LogP contribution in [0.1, 0.15) is 20.3 Å². The summed E-state index contributed by atoms with van der Waals surface area (Å²) in [5, 5.41) is 5.43. The van der Waals surface area contributed by atoms with E-state index in [4.69, 9.17) is 4.98 Å². The second-order valence-corrected chi connectivity index (χ2v) is 6.90. The Hall–Kier alpha value is -2.31. The summed E-state index contributed by atoms with van der Waals surface area (Å²) in [6.07, 6.45) is 4.74. The predicted molar refractivity (Wildman–Crippen MR) is 109 cm³/mol. The number of aromatic nitrogens is 3. The lowest BCUT2D eigenvalue weighted by atomic mass is 10.1. The van der Waals surface area contributed by atoms with Gasteiger partial charge in [0.15, 0.2) is 0 Å². The standard InChI is InChI=1S/C20H25N5S/c1-3-25(4-2)13-8-12-22-20-23-15-16(17-9-5-6-11-21-17)19(24-20)18-10-7-14-26-18/h5-7,9-11,14-15H,3-4,8,12-13H2,1-2H3,(H,22,23,24). The predicted octanol–water partition coefficient (Wildman–Crippen LogP) is 4.41.